The van der Waals surface area contributed by atoms with Gasteiger partial charge in [-0.15, -0.1) is 0 Å². The molecule has 4 heterocycles. The molecule has 1 saturated heterocycles. The number of fused-ring (bicyclic) bond motifs is 1. The van der Waals surface area contributed by atoms with Crippen molar-refractivity contribution in [3.8, 4) is 5.75 Å². The molecule has 134 valence electrons. The van der Waals surface area contributed by atoms with Crippen molar-refractivity contribution in [3.63, 3.8) is 0 Å². The molecule has 2 N–H and O–H groups in total. The zero-order valence-electron chi connectivity index (χ0n) is 14.3. The van der Waals surface area contributed by atoms with Gasteiger partial charge in [0, 0.05) is 32.2 Å². The lowest BCUT2D eigenvalue weighted by Gasteiger charge is -2.18. The minimum atomic E-state index is -0.0834. The van der Waals surface area contributed by atoms with Crippen molar-refractivity contribution < 1.29 is 9.53 Å². The largest absolute Gasteiger partial charge is 0.488 e. The van der Waals surface area contributed by atoms with Crippen molar-refractivity contribution >= 4 is 22.8 Å². The number of aromatic amines is 1. The second kappa shape index (κ2) is 6.95. The first kappa shape index (κ1) is 16.2. The van der Waals surface area contributed by atoms with Gasteiger partial charge in [-0.2, -0.15) is 5.10 Å². The zero-order chi connectivity index (χ0) is 17.9. The van der Waals surface area contributed by atoms with Crippen molar-refractivity contribution in [2.75, 3.05) is 18.0 Å². The molecule has 9 nitrogen and oxygen atoms in total. The van der Waals surface area contributed by atoms with E-state index < -0.39 is 0 Å². The third-order valence-electron chi connectivity index (χ3n) is 4.28. The summed E-state index contributed by atoms with van der Waals surface area (Å²) < 4.78 is 6.11. The average molecular weight is 353 g/mol. The lowest BCUT2D eigenvalue weighted by atomic mass is 10.3. The Morgan fingerprint density at radius 2 is 2.35 bits per heavy atom. The molecule has 1 fully saturated rings. The van der Waals surface area contributed by atoms with Crippen LogP contribution in [-0.2, 0) is 11.3 Å². The molecule has 0 spiro atoms. The average Bonchev–Trinajstić information content (AvgIpc) is 3.29. The summed E-state index contributed by atoms with van der Waals surface area (Å²) >= 11 is 0. The smallest absolute Gasteiger partial charge is 0.217 e. The Bertz CT molecular complexity index is 926. The van der Waals surface area contributed by atoms with E-state index in [4.69, 9.17) is 4.74 Å². The molecule has 1 amide bonds. The van der Waals surface area contributed by atoms with Crippen molar-refractivity contribution in [2.45, 2.75) is 26.0 Å². The summed E-state index contributed by atoms with van der Waals surface area (Å²) in [5.74, 6) is 1.54. The van der Waals surface area contributed by atoms with E-state index in [-0.39, 0.29) is 12.0 Å². The van der Waals surface area contributed by atoms with Crippen LogP contribution in [-0.4, -0.2) is 50.2 Å². The topological polar surface area (TPSA) is 109 Å². The number of carbonyl (C=O) groups excluding carboxylic acids is 1. The Hall–Kier alpha value is -3.23. The summed E-state index contributed by atoms with van der Waals surface area (Å²) in [5.41, 5.74) is 1.50. The minimum absolute atomic E-state index is 0.0583. The number of hydrogen-bond acceptors (Lipinski definition) is 7. The normalized spacial score (nSPS) is 16.8. The highest BCUT2D eigenvalue weighted by atomic mass is 16.5. The summed E-state index contributed by atoms with van der Waals surface area (Å²) in [6, 6.07) is 3.69. The second-order valence-electron chi connectivity index (χ2n) is 6.20. The number of nitrogens with one attached hydrogen (secondary N) is 2. The van der Waals surface area contributed by atoms with Gasteiger partial charge in [0.25, 0.3) is 0 Å². The summed E-state index contributed by atoms with van der Waals surface area (Å²) in [4.78, 5) is 26.0. The number of rotatable bonds is 5. The highest BCUT2D eigenvalue weighted by Crippen LogP contribution is 2.26. The van der Waals surface area contributed by atoms with Gasteiger partial charge in [0.1, 0.15) is 24.0 Å². The predicted octanol–water partition coefficient (Wildman–Crippen LogP) is 1.04. The van der Waals surface area contributed by atoms with E-state index >= 15 is 0 Å². The number of carbonyl (C=O) groups is 1. The number of ether oxygens (including phenoxy) is 1. The monoisotopic (exact) mass is 353 g/mol. The van der Waals surface area contributed by atoms with Gasteiger partial charge >= 0.3 is 0 Å². The maximum Gasteiger partial charge on any atom is 0.217 e. The maximum atomic E-state index is 11.0. The Labute approximate surface area is 149 Å². The first-order chi connectivity index (χ1) is 12.7. The maximum absolute atomic E-state index is 11.0. The van der Waals surface area contributed by atoms with Crippen LogP contribution in [0.5, 0.6) is 5.75 Å². The van der Waals surface area contributed by atoms with Crippen LogP contribution >= 0.6 is 0 Å². The number of H-pyrrole nitrogens is 1. The standard InChI is InChI=1S/C17H19N7O2/c1-11(25)19-7-12-6-13(2-4-18-12)26-14-3-5-24(9-14)17-15-8-22-23-16(15)20-10-21-17/h2,4,6,8,10,14H,3,5,7,9H2,1H3,(H,19,25)(H,20,21,22,23). The zero-order valence-corrected chi connectivity index (χ0v) is 14.3. The van der Waals surface area contributed by atoms with Gasteiger partial charge in [-0.05, 0) is 6.07 Å². The molecule has 1 atom stereocenters. The number of aromatic nitrogens is 5. The fourth-order valence-corrected chi connectivity index (χ4v) is 3.05. The minimum Gasteiger partial charge on any atom is -0.488 e. The van der Waals surface area contributed by atoms with Crippen LogP contribution in [0.2, 0.25) is 0 Å². The quantitative estimate of drug-likeness (QED) is 0.705. The molecule has 4 rings (SSSR count). The number of anilines is 1. The van der Waals surface area contributed by atoms with Crippen molar-refractivity contribution in [2.24, 2.45) is 0 Å². The van der Waals surface area contributed by atoms with Crippen LogP contribution in [0.3, 0.4) is 0 Å². The lowest BCUT2D eigenvalue weighted by molar-refractivity contribution is -0.119. The lowest BCUT2D eigenvalue weighted by Crippen LogP contribution is -2.25. The van der Waals surface area contributed by atoms with Crippen LogP contribution in [0.15, 0.2) is 30.9 Å². The van der Waals surface area contributed by atoms with Gasteiger partial charge in [0.2, 0.25) is 5.91 Å². The molecular weight excluding hydrogens is 334 g/mol. The van der Waals surface area contributed by atoms with Gasteiger partial charge in [-0.25, -0.2) is 9.97 Å². The van der Waals surface area contributed by atoms with Crippen molar-refractivity contribution in [1.82, 2.24) is 30.5 Å². The third kappa shape index (κ3) is 3.41. The van der Waals surface area contributed by atoms with E-state index in [0.29, 0.717) is 6.54 Å². The molecule has 1 aliphatic heterocycles. The molecule has 1 aliphatic rings. The van der Waals surface area contributed by atoms with E-state index in [2.05, 4.69) is 35.4 Å². The molecule has 3 aromatic heterocycles. The molecule has 0 saturated carbocycles. The summed E-state index contributed by atoms with van der Waals surface area (Å²) in [6.07, 6.45) is 5.94. The van der Waals surface area contributed by atoms with Crippen LogP contribution < -0.4 is 15.0 Å². The first-order valence-electron chi connectivity index (χ1n) is 8.44. The van der Waals surface area contributed by atoms with Crippen molar-refractivity contribution in [3.05, 3.63) is 36.5 Å². The molecule has 3 aromatic rings. The molecule has 9 heteroatoms. The molecule has 0 aliphatic carbocycles. The third-order valence-corrected chi connectivity index (χ3v) is 4.28. The fourth-order valence-electron chi connectivity index (χ4n) is 3.05. The van der Waals surface area contributed by atoms with Crippen LogP contribution in [0.25, 0.3) is 11.0 Å². The van der Waals surface area contributed by atoms with Gasteiger partial charge in [0.05, 0.1) is 30.4 Å². The van der Waals surface area contributed by atoms with Crippen LogP contribution in [0, 0.1) is 0 Å². The molecule has 0 bridgehead atoms. The van der Waals surface area contributed by atoms with E-state index in [1.54, 1.807) is 18.7 Å². The molecule has 0 radical (unpaired) electrons. The van der Waals surface area contributed by atoms with Crippen molar-refractivity contribution in [1.29, 1.82) is 0 Å². The first-order valence-corrected chi connectivity index (χ1v) is 8.44. The summed E-state index contributed by atoms with van der Waals surface area (Å²) in [6.45, 7) is 3.47. The van der Waals surface area contributed by atoms with Gasteiger partial charge in [-0.3, -0.25) is 14.9 Å². The number of nitrogens with zero attached hydrogens (tertiary/aromatic N) is 5. The van der Waals surface area contributed by atoms with E-state index in [0.717, 1.165) is 47.8 Å². The number of amides is 1. The summed E-state index contributed by atoms with van der Waals surface area (Å²) in [5, 5.41) is 10.6. The Balaban J connectivity index is 1.42. The van der Waals surface area contributed by atoms with Gasteiger partial charge in [0.15, 0.2) is 5.65 Å². The van der Waals surface area contributed by atoms with Crippen LogP contribution in [0.4, 0.5) is 5.82 Å². The fraction of sp³-hybridized carbons (Fsp3) is 0.353. The highest BCUT2D eigenvalue weighted by molar-refractivity contribution is 5.86. The predicted molar refractivity (Wildman–Crippen MR) is 94.7 cm³/mol. The highest BCUT2D eigenvalue weighted by Gasteiger charge is 2.26. The van der Waals surface area contributed by atoms with E-state index in [1.807, 2.05) is 12.1 Å². The Morgan fingerprint density at radius 1 is 1.42 bits per heavy atom. The molecular formula is C17H19N7O2. The molecule has 0 aromatic carbocycles. The summed E-state index contributed by atoms with van der Waals surface area (Å²) in [7, 11) is 0. The molecule has 1 unspecified atom stereocenters. The number of pyridine rings is 1. The van der Waals surface area contributed by atoms with E-state index in [1.165, 1.54) is 6.92 Å². The van der Waals surface area contributed by atoms with E-state index in [9.17, 15) is 4.79 Å². The number of hydrogen-bond donors (Lipinski definition) is 2. The molecule has 26 heavy (non-hydrogen) atoms. The SMILES string of the molecule is CC(=O)NCc1cc(OC2CCN(c3ncnc4[nH]ncc34)C2)ccn1. The van der Waals surface area contributed by atoms with Crippen LogP contribution in [0.1, 0.15) is 19.0 Å². The van der Waals surface area contributed by atoms with Gasteiger partial charge in [-0.1, -0.05) is 0 Å². The second-order valence-corrected chi connectivity index (χ2v) is 6.20. The Kier molecular flexibility index (Phi) is 4.34. The van der Waals surface area contributed by atoms with Gasteiger partial charge < -0.3 is 15.0 Å². The Morgan fingerprint density at radius 3 is 3.23 bits per heavy atom.